The molecule has 7 heteroatoms. The van der Waals surface area contributed by atoms with Crippen LogP contribution in [0.3, 0.4) is 0 Å². The maximum Gasteiger partial charge on any atom is 0.231 e. The van der Waals surface area contributed by atoms with Gasteiger partial charge in [-0.1, -0.05) is 24.0 Å². The fourth-order valence-corrected chi connectivity index (χ4v) is 1.34. The van der Waals surface area contributed by atoms with Gasteiger partial charge in [0.2, 0.25) is 11.3 Å². The Bertz CT molecular complexity index is 124. The third-order valence-electron chi connectivity index (χ3n) is 0.572. The SMILES string of the molecule is NC(=S)SCCNS(=O)O. The summed E-state index contributed by atoms with van der Waals surface area (Å²) >= 11 is 3.90. The van der Waals surface area contributed by atoms with Crippen molar-refractivity contribution in [2.24, 2.45) is 5.73 Å². The highest BCUT2D eigenvalue weighted by molar-refractivity contribution is 8.22. The summed E-state index contributed by atoms with van der Waals surface area (Å²) in [5, 5.41) is 0. The van der Waals surface area contributed by atoms with Crippen LogP contribution in [0.4, 0.5) is 0 Å². The van der Waals surface area contributed by atoms with Gasteiger partial charge in [0.05, 0.1) is 0 Å². The molecule has 0 aliphatic carbocycles. The quantitative estimate of drug-likeness (QED) is 0.330. The van der Waals surface area contributed by atoms with Gasteiger partial charge in [-0.3, -0.25) is 4.55 Å². The first-order chi connectivity index (χ1) is 4.63. The highest BCUT2D eigenvalue weighted by Gasteiger charge is 1.92. The zero-order valence-corrected chi connectivity index (χ0v) is 7.52. The van der Waals surface area contributed by atoms with E-state index in [-0.39, 0.29) is 0 Å². The number of thiocarbonyl (C=S) groups is 1. The summed E-state index contributed by atoms with van der Waals surface area (Å²) < 4.78 is 20.8. The van der Waals surface area contributed by atoms with Gasteiger partial charge in [0.1, 0.15) is 4.32 Å². The molecule has 1 unspecified atom stereocenters. The number of hydrogen-bond acceptors (Lipinski definition) is 3. The number of rotatable bonds is 4. The Labute approximate surface area is 71.4 Å². The van der Waals surface area contributed by atoms with E-state index >= 15 is 0 Å². The van der Waals surface area contributed by atoms with Gasteiger partial charge in [0, 0.05) is 12.3 Å². The van der Waals surface area contributed by atoms with E-state index in [9.17, 15) is 4.21 Å². The molecule has 0 aliphatic rings. The molecule has 0 saturated carbocycles. The van der Waals surface area contributed by atoms with Crippen molar-refractivity contribution >= 4 is 39.6 Å². The highest BCUT2D eigenvalue weighted by Crippen LogP contribution is 1.96. The molecule has 0 aliphatic heterocycles. The summed E-state index contributed by atoms with van der Waals surface area (Å²) in [7, 11) is 0. The zero-order valence-electron chi connectivity index (χ0n) is 5.07. The second kappa shape index (κ2) is 6.05. The molecule has 10 heavy (non-hydrogen) atoms. The van der Waals surface area contributed by atoms with Gasteiger partial charge in [-0.05, 0) is 0 Å². The highest BCUT2D eigenvalue weighted by atomic mass is 32.2. The van der Waals surface area contributed by atoms with Crippen LogP contribution in [-0.2, 0) is 11.3 Å². The maximum atomic E-state index is 9.97. The predicted molar refractivity (Wildman–Crippen MR) is 48.0 cm³/mol. The van der Waals surface area contributed by atoms with Crippen molar-refractivity contribution in [1.29, 1.82) is 0 Å². The Kier molecular flexibility index (Phi) is 6.24. The van der Waals surface area contributed by atoms with Crippen molar-refractivity contribution in [3.63, 3.8) is 0 Å². The van der Waals surface area contributed by atoms with Crippen LogP contribution in [0.15, 0.2) is 0 Å². The molecule has 0 radical (unpaired) electrons. The van der Waals surface area contributed by atoms with Crippen LogP contribution >= 0.6 is 24.0 Å². The third-order valence-corrected chi connectivity index (χ3v) is 2.07. The van der Waals surface area contributed by atoms with Crippen LogP contribution in [0.5, 0.6) is 0 Å². The number of nitrogens with two attached hydrogens (primary N) is 1. The van der Waals surface area contributed by atoms with Crippen molar-refractivity contribution < 1.29 is 8.76 Å². The molecule has 0 rings (SSSR count). The van der Waals surface area contributed by atoms with Crippen LogP contribution in [0.1, 0.15) is 0 Å². The van der Waals surface area contributed by atoms with Crippen LogP contribution in [-0.4, -0.2) is 25.4 Å². The van der Waals surface area contributed by atoms with Gasteiger partial charge in [-0.2, -0.15) is 0 Å². The molecule has 0 aromatic rings. The standard InChI is InChI=1S/C3H8N2O2S3/c4-3(8)9-2-1-5-10(6)7/h5H,1-2H2,(H2,4,8)(H,6,7). The Hall–Kier alpha value is 0.310. The lowest BCUT2D eigenvalue weighted by atomic mass is 10.8. The number of nitrogens with one attached hydrogen (secondary N) is 1. The zero-order chi connectivity index (χ0) is 7.98. The van der Waals surface area contributed by atoms with E-state index in [2.05, 4.69) is 16.9 Å². The van der Waals surface area contributed by atoms with E-state index in [1.807, 2.05) is 0 Å². The molecule has 60 valence electrons. The fraction of sp³-hybridized carbons (Fsp3) is 0.667. The molecule has 0 aromatic heterocycles. The van der Waals surface area contributed by atoms with Gasteiger partial charge in [0.15, 0.2) is 0 Å². The van der Waals surface area contributed by atoms with Gasteiger partial charge in [-0.15, -0.1) is 0 Å². The summed E-state index contributed by atoms with van der Waals surface area (Å²) in [4.78, 5) is 0. The molecule has 1 atom stereocenters. The lowest BCUT2D eigenvalue weighted by Gasteiger charge is -1.97. The Balaban J connectivity index is 3.06. The summed E-state index contributed by atoms with van der Waals surface area (Å²) in [5.41, 5.74) is 5.14. The van der Waals surface area contributed by atoms with Crippen molar-refractivity contribution in [3.05, 3.63) is 0 Å². The minimum absolute atomic E-state index is 0.352. The number of thioether (sulfide) groups is 1. The van der Waals surface area contributed by atoms with Crippen molar-refractivity contribution in [2.75, 3.05) is 12.3 Å². The first kappa shape index (κ1) is 10.3. The average molecular weight is 200 g/mol. The molecular weight excluding hydrogens is 192 g/mol. The van der Waals surface area contributed by atoms with E-state index in [0.29, 0.717) is 16.6 Å². The molecule has 0 heterocycles. The lowest BCUT2D eigenvalue weighted by Crippen LogP contribution is -2.20. The van der Waals surface area contributed by atoms with Gasteiger partial charge < -0.3 is 5.73 Å². The van der Waals surface area contributed by atoms with E-state index in [1.54, 1.807) is 0 Å². The molecule has 0 spiro atoms. The summed E-state index contributed by atoms with van der Waals surface area (Å²) in [5.74, 6) is 0.613. The fourth-order valence-electron chi connectivity index (χ4n) is 0.281. The topological polar surface area (TPSA) is 75.3 Å². The normalized spacial score (nSPS) is 12.9. The molecule has 0 aromatic carbocycles. The molecule has 0 saturated heterocycles. The largest absolute Gasteiger partial charge is 0.385 e. The average Bonchev–Trinajstić information content (AvgIpc) is 1.79. The monoisotopic (exact) mass is 200 g/mol. The first-order valence-electron chi connectivity index (χ1n) is 2.39. The van der Waals surface area contributed by atoms with E-state index in [0.717, 1.165) is 0 Å². The van der Waals surface area contributed by atoms with Gasteiger partial charge >= 0.3 is 0 Å². The van der Waals surface area contributed by atoms with Crippen LogP contribution in [0.25, 0.3) is 0 Å². The third kappa shape index (κ3) is 8.31. The molecule has 0 amide bonds. The second-order valence-electron chi connectivity index (χ2n) is 1.31. The minimum atomic E-state index is -1.93. The Morgan fingerprint density at radius 3 is 2.90 bits per heavy atom. The second-order valence-corrected chi connectivity index (χ2v) is 3.93. The molecular formula is C3H8N2O2S3. The molecule has 4 nitrogen and oxygen atoms in total. The van der Waals surface area contributed by atoms with Crippen molar-refractivity contribution in [1.82, 2.24) is 4.72 Å². The van der Waals surface area contributed by atoms with Crippen molar-refractivity contribution in [3.8, 4) is 0 Å². The number of hydrogen-bond donors (Lipinski definition) is 3. The Morgan fingerprint density at radius 2 is 2.50 bits per heavy atom. The van der Waals surface area contributed by atoms with E-state index < -0.39 is 11.3 Å². The summed E-state index contributed by atoms with van der Waals surface area (Å²) in [6.07, 6.45) is 0. The summed E-state index contributed by atoms with van der Waals surface area (Å²) in [6, 6.07) is 0. The summed E-state index contributed by atoms with van der Waals surface area (Å²) in [6.45, 7) is 0.422. The molecule has 0 bridgehead atoms. The van der Waals surface area contributed by atoms with Crippen molar-refractivity contribution in [2.45, 2.75) is 0 Å². The van der Waals surface area contributed by atoms with E-state index in [4.69, 9.17) is 10.3 Å². The molecule has 0 fully saturated rings. The van der Waals surface area contributed by atoms with Crippen LogP contribution in [0.2, 0.25) is 0 Å². The lowest BCUT2D eigenvalue weighted by molar-refractivity contribution is 0.551. The first-order valence-corrected chi connectivity index (χ1v) is 4.89. The predicted octanol–water partition coefficient (Wildman–Crippen LogP) is -0.310. The smallest absolute Gasteiger partial charge is 0.231 e. The molecule has 4 N–H and O–H groups in total. The minimum Gasteiger partial charge on any atom is -0.385 e. The van der Waals surface area contributed by atoms with Crippen LogP contribution < -0.4 is 10.5 Å². The van der Waals surface area contributed by atoms with Gasteiger partial charge in [-0.25, -0.2) is 8.93 Å². The van der Waals surface area contributed by atoms with Crippen LogP contribution in [0, 0.1) is 0 Å². The maximum absolute atomic E-state index is 9.97. The van der Waals surface area contributed by atoms with Gasteiger partial charge in [0.25, 0.3) is 0 Å². The van der Waals surface area contributed by atoms with E-state index in [1.165, 1.54) is 11.8 Å². The Morgan fingerprint density at radius 1 is 1.90 bits per heavy atom.